The van der Waals surface area contributed by atoms with Crippen molar-refractivity contribution < 1.29 is 16.8 Å². The SMILES string of the molecule is CCS(=O)(=O)c1cccc(S(=O)(=O)NCC(N)C2CC2)c1.Cl. The van der Waals surface area contributed by atoms with Gasteiger partial charge in [-0.25, -0.2) is 21.6 Å². The first-order chi connectivity index (χ1) is 9.76. The van der Waals surface area contributed by atoms with E-state index in [0.717, 1.165) is 12.8 Å². The Labute approximate surface area is 137 Å². The van der Waals surface area contributed by atoms with Crippen LogP contribution in [0.5, 0.6) is 0 Å². The molecule has 2 rings (SSSR count). The van der Waals surface area contributed by atoms with Gasteiger partial charge in [0.2, 0.25) is 10.0 Å². The summed E-state index contributed by atoms with van der Waals surface area (Å²) in [5.74, 6) is 0.315. The number of halogens is 1. The van der Waals surface area contributed by atoms with E-state index in [1.807, 2.05) is 0 Å². The highest BCUT2D eigenvalue weighted by Gasteiger charge is 2.29. The van der Waals surface area contributed by atoms with E-state index in [9.17, 15) is 16.8 Å². The molecule has 6 nitrogen and oxygen atoms in total. The molecule has 0 spiro atoms. The maximum absolute atomic E-state index is 12.2. The van der Waals surface area contributed by atoms with Gasteiger partial charge in [0.25, 0.3) is 0 Å². The van der Waals surface area contributed by atoms with Gasteiger partial charge >= 0.3 is 0 Å². The number of benzene rings is 1. The van der Waals surface area contributed by atoms with Gasteiger partial charge < -0.3 is 5.73 Å². The van der Waals surface area contributed by atoms with Gasteiger partial charge in [-0.2, -0.15) is 0 Å². The van der Waals surface area contributed by atoms with E-state index in [1.165, 1.54) is 31.2 Å². The van der Waals surface area contributed by atoms with Crippen molar-refractivity contribution in [2.75, 3.05) is 12.3 Å². The summed E-state index contributed by atoms with van der Waals surface area (Å²) < 4.78 is 50.4. The summed E-state index contributed by atoms with van der Waals surface area (Å²) in [5, 5.41) is 0. The minimum atomic E-state index is -3.75. The Balaban J connectivity index is 0.00000242. The molecule has 1 aliphatic carbocycles. The minimum absolute atomic E-state index is 0. The standard InChI is InChI=1S/C13H20N2O4S2.ClH/c1-2-20(16,17)11-4-3-5-12(8-11)21(18,19)15-9-13(14)10-6-7-10;/h3-5,8,10,13,15H,2,6-7,9,14H2,1H3;1H. The third-order valence-corrected chi connectivity index (χ3v) is 6.75. The Morgan fingerprint density at radius 3 is 2.36 bits per heavy atom. The maximum atomic E-state index is 12.2. The van der Waals surface area contributed by atoms with E-state index in [2.05, 4.69) is 4.72 Å². The average Bonchev–Trinajstić information content (AvgIpc) is 3.29. The molecule has 0 amide bonds. The summed E-state index contributed by atoms with van der Waals surface area (Å²) in [6.07, 6.45) is 2.07. The maximum Gasteiger partial charge on any atom is 0.240 e. The van der Waals surface area contributed by atoms with Crippen molar-refractivity contribution in [3.05, 3.63) is 24.3 Å². The Kier molecular flexibility index (Phi) is 6.40. The van der Waals surface area contributed by atoms with Gasteiger partial charge in [0.15, 0.2) is 9.84 Å². The van der Waals surface area contributed by atoms with Crippen molar-refractivity contribution in [2.45, 2.75) is 35.6 Å². The summed E-state index contributed by atoms with van der Waals surface area (Å²) in [7, 11) is -7.18. The highest BCUT2D eigenvalue weighted by atomic mass is 35.5. The average molecular weight is 369 g/mol. The number of rotatable bonds is 7. The monoisotopic (exact) mass is 368 g/mol. The Morgan fingerprint density at radius 2 is 1.82 bits per heavy atom. The highest BCUT2D eigenvalue weighted by molar-refractivity contribution is 7.91. The van der Waals surface area contributed by atoms with Crippen molar-refractivity contribution in [2.24, 2.45) is 11.7 Å². The second-order valence-corrected chi connectivity index (χ2v) is 9.28. The number of nitrogens with two attached hydrogens (primary N) is 1. The van der Waals surface area contributed by atoms with E-state index in [0.29, 0.717) is 5.92 Å². The summed E-state index contributed by atoms with van der Waals surface area (Å²) in [5.41, 5.74) is 5.86. The largest absolute Gasteiger partial charge is 0.326 e. The molecule has 9 heteroatoms. The molecule has 1 saturated carbocycles. The molecule has 0 heterocycles. The van der Waals surface area contributed by atoms with Crippen LogP contribution in [-0.4, -0.2) is 35.2 Å². The van der Waals surface area contributed by atoms with Crippen LogP contribution in [0.15, 0.2) is 34.1 Å². The molecule has 1 fully saturated rings. The second-order valence-electron chi connectivity index (χ2n) is 5.23. The van der Waals surface area contributed by atoms with Crippen molar-refractivity contribution in [1.29, 1.82) is 0 Å². The number of hydrogen-bond donors (Lipinski definition) is 2. The van der Waals surface area contributed by atoms with E-state index in [-0.39, 0.29) is 40.5 Å². The number of nitrogens with one attached hydrogen (secondary N) is 1. The molecular formula is C13H21ClN2O4S2. The zero-order chi connectivity index (χ0) is 15.7. The fourth-order valence-corrected chi connectivity index (χ4v) is 4.10. The van der Waals surface area contributed by atoms with Crippen LogP contribution >= 0.6 is 12.4 Å². The molecule has 1 aromatic carbocycles. The van der Waals surface area contributed by atoms with Crippen LogP contribution in [0.3, 0.4) is 0 Å². The molecule has 22 heavy (non-hydrogen) atoms. The van der Waals surface area contributed by atoms with Crippen LogP contribution in [0.25, 0.3) is 0 Å². The predicted molar refractivity (Wildman–Crippen MR) is 87.3 cm³/mol. The van der Waals surface area contributed by atoms with E-state index >= 15 is 0 Å². The lowest BCUT2D eigenvalue weighted by atomic mass is 10.2. The summed E-state index contributed by atoms with van der Waals surface area (Å²) in [6.45, 7) is 1.68. The van der Waals surface area contributed by atoms with Crippen LogP contribution in [0.4, 0.5) is 0 Å². The first-order valence-corrected chi connectivity index (χ1v) is 9.98. The lowest BCUT2D eigenvalue weighted by molar-refractivity contribution is 0.547. The third kappa shape index (κ3) is 4.66. The van der Waals surface area contributed by atoms with Crippen molar-refractivity contribution in [1.82, 2.24) is 4.72 Å². The lowest BCUT2D eigenvalue weighted by Crippen LogP contribution is -2.38. The first-order valence-electron chi connectivity index (χ1n) is 6.84. The Morgan fingerprint density at radius 1 is 1.23 bits per heavy atom. The molecule has 1 atom stereocenters. The minimum Gasteiger partial charge on any atom is -0.326 e. The molecule has 0 aliphatic heterocycles. The molecule has 1 aliphatic rings. The molecule has 0 aromatic heterocycles. The van der Waals surface area contributed by atoms with Crippen molar-refractivity contribution in [3.63, 3.8) is 0 Å². The number of sulfone groups is 1. The van der Waals surface area contributed by atoms with Crippen LogP contribution in [0.1, 0.15) is 19.8 Å². The van der Waals surface area contributed by atoms with Gasteiger partial charge in [0.1, 0.15) is 0 Å². The summed E-state index contributed by atoms with van der Waals surface area (Å²) >= 11 is 0. The quantitative estimate of drug-likeness (QED) is 0.744. The van der Waals surface area contributed by atoms with Gasteiger partial charge in [-0.3, -0.25) is 0 Å². The molecular weight excluding hydrogens is 348 g/mol. The topological polar surface area (TPSA) is 106 Å². The molecule has 0 radical (unpaired) electrons. The van der Waals surface area contributed by atoms with Crippen molar-refractivity contribution >= 4 is 32.3 Å². The normalized spacial score (nSPS) is 16.8. The van der Waals surface area contributed by atoms with Gasteiger partial charge in [-0.15, -0.1) is 12.4 Å². The van der Waals surface area contributed by atoms with Gasteiger partial charge in [-0.05, 0) is 37.0 Å². The summed E-state index contributed by atoms with van der Waals surface area (Å²) in [6, 6.07) is 5.19. The first kappa shape index (κ1) is 19.4. The Bertz CT molecular complexity index is 715. The van der Waals surface area contributed by atoms with E-state index in [1.54, 1.807) is 0 Å². The molecule has 0 bridgehead atoms. The third-order valence-electron chi connectivity index (χ3n) is 3.59. The molecule has 126 valence electrons. The molecule has 1 aromatic rings. The van der Waals surface area contributed by atoms with Crippen LogP contribution in [0, 0.1) is 5.92 Å². The van der Waals surface area contributed by atoms with E-state index < -0.39 is 19.9 Å². The van der Waals surface area contributed by atoms with Crippen molar-refractivity contribution in [3.8, 4) is 0 Å². The highest BCUT2D eigenvalue weighted by Crippen LogP contribution is 2.31. The molecule has 1 unspecified atom stereocenters. The smallest absolute Gasteiger partial charge is 0.240 e. The van der Waals surface area contributed by atoms with Gasteiger partial charge in [0, 0.05) is 12.6 Å². The van der Waals surface area contributed by atoms with Crippen LogP contribution < -0.4 is 10.5 Å². The van der Waals surface area contributed by atoms with E-state index in [4.69, 9.17) is 5.73 Å². The molecule has 3 N–H and O–H groups in total. The second kappa shape index (κ2) is 7.27. The zero-order valence-electron chi connectivity index (χ0n) is 12.2. The fourth-order valence-electron chi connectivity index (χ4n) is 1.98. The van der Waals surface area contributed by atoms with Gasteiger partial charge in [0.05, 0.1) is 15.5 Å². The molecule has 0 saturated heterocycles. The number of sulfonamides is 1. The van der Waals surface area contributed by atoms with Crippen LogP contribution in [0.2, 0.25) is 0 Å². The lowest BCUT2D eigenvalue weighted by Gasteiger charge is -2.12. The number of hydrogen-bond acceptors (Lipinski definition) is 5. The Hall–Kier alpha value is -0.670. The van der Waals surface area contributed by atoms with Gasteiger partial charge in [-0.1, -0.05) is 13.0 Å². The summed E-state index contributed by atoms with van der Waals surface area (Å²) in [4.78, 5) is -0.0422. The fraction of sp³-hybridized carbons (Fsp3) is 0.538. The zero-order valence-corrected chi connectivity index (χ0v) is 14.7. The van der Waals surface area contributed by atoms with Crippen LogP contribution in [-0.2, 0) is 19.9 Å². The predicted octanol–water partition coefficient (Wildman–Crippen LogP) is 0.918.